The van der Waals surface area contributed by atoms with Crippen LogP contribution in [0.15, 0.2) is 52.4 Å². The summed E-state index contributed by atoms with van der Waals surface area (Å²) in [6, 6.07) is 8.64. The maximum absolute atomic E-state index is 12.8. The monoisotopic (exact) mass is 367 g/mol. The molecule has 1 heterocycles. The molecule has 1 aromatic heterocycles. The molecule has 3 aromatic rings. The standard InChI is InChI=1S/C17H12F3NO3S/c1-10-2-5-12(6-3-10)25(23,24)16-14(9-22)13-7-4-11(17(18,19)20)8-15(13)21-16/h2-9,21H,1H3. The minimum absolute atomic E-state index is 0.0520. The second-order valence-electron chi connectivity index (χ2n) is 5.56. The Morgan fingerprint density at radius 3 is 2.24 bits per heavy atom. The highest BCUT2D eigenvalue weighted by molar-refractivity contribution is 7.91. The van der Waals surface area contributed by atoms with Crippen molar-refractivity contribution >= 4 is 27.0 Å². The van der Waals surface area contributed by atoms with Crippen molar-refractivity contribution in [1.29, 1.82) is 0 Å². The molecule has 0 spiro atoms. The third-order valence-corrected chi connectivity index (χ3v) is 5.60. The normalized spacial score (nSPS) is 12.5. The average molecular weight is 367 g/mol. The number of halogens is 3. The van der Waals surface area contributed by atoms with E-state index >= 15 is 0 Å². The van der Waals surface area contributed by atoms with E-state index in [0.717, 1.165) is 23.8 Å². The van der Waals surface area contributed by atoms with E-state index in [2.05, 4.69) is 4.98 Å². The van der Waals surface area contributed by atoms with Crippen LogP contribution in [-0.4, -0.2) is 19.7 Å². The number of hydrogen-bond acceptors (Lipinski definition) is 3. The Balaban J connectivity index is 2.25. The lowest BCUT2D eigenvalue weighted by Crippen LogP contribution is -2.05. The van der Waals surface area contributed by atoms with Gasteiger partial charge in [-0.1, -0.05) is 23.8 Å². The van der Waals surface area contributed by atoms with Crippen molar-refractivity contribution in [2.45, 2.75) is 23.0 Å². The van der Waals surface area contributed by atoms with Crippen LogP contribution < -0.4 is 0 Å². The molecule has 3 rings (SSSR count). The number of aromatic nitrogens is 1. The molecule has 1 N–H and O–H groups in total. The Hall–Kier alpha value is -2.61. The Morgan fingerprint density at radius 1 is 1.04 bits per heavy atom. The zero-order valence-corrected chi connectivity index (χ0v) is 13.7. The van der Waals surface area contributed by atoms with Crippen LogP contribution in [0.4, 0.5) is 13.2 Å². The summed E-state index contributed by atoms with van der Waals surface area (Å²) >= 11 is 0. The van der Waals surface area contributed by atoms with Crippen LogP contribution >= 0.6 is 0 Å². The molecule has 0 atom stereocenters. The van der Waals surface area contributed by atoms with Crippen molar-refractivity contribution < 1.29 is 26.4 Å². The molecule has 8 heteroatoms. The van der Waals surface area contributed by atoms with Crippen LogP contribution in [0.1, 0.15) is 21.5 Å². The van der Waals surface area contributed by atoms with Gasteiger partial charge in [0.25, 0.3) is 0 Å². The molecule has 25 heavy (non-hydrogen) atoms. The van der Waals surface area contributed by atoms with Gasteiger partial charge in [0.15, 0.2) is 6.29 Å². The molecule has 4 nitrogen and oxygen atoms in total. The van der Waals surface area contributed by atoms with E-state index < -0.39 is 26.6 Å². The number of aldehydes is 1. The van der Waals surface area contributed by atoms with Crippen LogP contribution in [0.25, 0.3) is 10.9 Å². The summed E-state index contributed by atoms with van der Waals surface area (Å²) < 4.78 is 64.0. The second kappa shape index (κ2) is 5.73. The van der Waals surface area contributed by atoms with Crippen molar-refractivity contribution in [2.75, 3.05) is 0 Å². The van der Waals surface area contributed by atoms with Crippen molar-refractivity contribution in [3.05, 3.63) is 59.2 Å². The Morgan fingerprint density at radius 2 is 1.68 bits per heavy atom. The molecule has 0 amide bonds. The van der Waals surface area contributed by atoms with Gasteiger partial charge in [-0.3, -0.25) is 4.79 Å². The lowest BCUT2D eigenvalue weighted by molar-refractivity contribution is -0.137. The lowest BCUT2D eigenvalue weighted by atomic mass is 10.1. The number of aryl methyl sites for hydroxylation is 1. The quantitative estimate of drug-likeness (QED) is 0.708. The number of carbonyl (C=O) groups is 1. The highest BCUT2D eigenvalue weighted by atomic mass is 32.2. The van der Waals surface area contributed by atoms with E-state index in [4.69, 9.17) is 0 Å². The number of nitrogens with one attached hydrogen (secondary N) is 1. The summed E-state index contributed by atoms with van der Waals surface area (Å²) in [6.07, 6.45) is -4.25. The van der Waals surface area contributed by atoms with E-state index in [-0.39, 0.29) is 21.4 Å². The first-order chi connectivity index (χ1) is 11.6. The summed E-state index contributed by atoms with van der Waals surface area (Å²) in [6.45, 7) is 1.79. The molecular formula is C17H12F3NO3S. The van der Waals surface area contributed by atoms with Crippen LogP contribution in [0.3, 0.4) is 0 Å². The van der Waals surface area contributed by atoms with Gasteiger partial charge in [0.05, 0.1) is 16.0 Å². The molecule has 0 aliphatic heterocycles. The average Bonchev–Trinajstić information content (AvgIpc) is 2.93. The van der Waals surface area contributed by atoms with Crippen molar-refractivity contribution in [2.24, 2.45) is 0 Å². The molecule has 0 aliphatic rings. The molecule has 0 radical (unpaired) electrons. The lowest BCUT2D eigenvalue weighted by Gasteiger charge is -2.05. The van der Waals surface area contributed by atoms with Gasteiger partial charge in [-0.15, -0.1) is 0 Å². The SMILES string of the molecule is Cc1ccc(S(=O)(=O)c2[nH]c3cc(C(F)(F)F)ccc3c2C=O)cc1. The van der Waals surface area contributed by atoms with E-state index in [1.54, 1.807) is 19.1 Å². The van der Waals surface area contributed by atoms with Crippen molar-refractivity contribution in [1.82, 2.24) is 4.98 Å². The Kier molecular flexibility index (Phi) is 3.95. The smallest absolute Gasteiger partial charge is 0.345 e. The van der Waals surface area contributed by atoms with Gasteiger partial charge in [0.1, 0.15) is 5.03 Å². The molecule has 0 saturated heterocycles. The van der Waals surface area contributed by atoms with Crippen LogP contribution in [0.5, 0.6) is 0 Å². The summed E-state index contributed by atoms with van der Waals surface area (Å²) in [7, 11) is -4.08. The summed E-state index contributed by atoms with van der Waals surface area (Å²) in [5.74, 6) is 0. The highest BCUT2D eigenvalue weighted by Gasteiger charge is 2.32. The number of benzene rings is 2. The number of sulfone groups is 1. The fourth-order valence-corrected chi connectivity index (χ4v) is 3.96. The van der Waals surface area contributed by atoms with Gasteiger partial charge in [-0.25, -0.2) is 8.42 Å². The van der Waals surface area contributed by atoms with Gasteiger partial charge in [-0.2, -0.15) is 13.2 Å². The summed E-state index contributed by atoms with van der Waals surface area (Å²) in [5.41, 5.74) is -0.342. The first kappa shape index (κ1) is 17.2. The molecule has 0 unspecified atom stereocenters. The minimum Gasteiger partial charge on any atom is -0.345 e. The van der Waals surface area contributed by atoms with Crippen LogP contribution in [0, 0.1) is 6.92 Å². The second-order valence-corrected chi connectivity index (χ2v) is 7.45. The fourth-order valence-electron chi connectivity index (χ4n) is 2.54. The van der Waals surface area contributed by atoms with Crippen molar-refractivity contribution in [3.63, 3.8) is 0 Å². The number of hydrogen-bond donors (Lipinski definition) is 1. The van der Waals surface area contributed by atoms with E-state index in [1.807, 2.05) is 0 Å². The minimum atomic E-state index is -4.57. The van der Waals surface area contributed by atoms with Crippen molar-refractivity contribution in [3.8, 4) is 0 Å². The molecule has 0 saturated carbocycles. The zero-order valence-electron chi connectivity index (χ0n) is 12.9. The maximum atomic E-state index is 12.8. The molecule has 0 fully saturated rings. The number of carbonyl (C=O) groups excluding carboxylic acids is 1. The van der Waals surface area contributed by atoms with E-state index in [1.165, 1.54) is 12.1 Å². The third-order valence-electron chi connectivity index (χ3n) is 3.85. The van der Waals surface area contributed by atoms with Gasteiger partial charge >= 0.3 is 6.18 Å². The number of alkyl halides is 3. The first-order valence-electron chi connectivity index (χ1n) is 7.14. The Bertz CT molecular complexity index is 1060. The molecular weight excluding hydrogens is 355 g/mol. The first-order valence-corrected chi connectivity index (χ1v) is 8.63. The predicted molar refractivity (Wildman–Crippen MR) is 85.3 cm³/mol. The van der Waals surface area contributed by atoms with Gasteiger partial charge < -0.3 is 4.98 Å². The van der Waals surface area contributed by atoms with E-state index in [9.17, 15) is 26.4 Å². The maximum Gasteiger partial charge on any atom is 0.416 e. The predicted octanol–water partition coefficient (Wildman–Crippen LogP) is 4.14. The fraction of sp³-hybridized carbons (Fsp3) is 0.118. The topological polar surface area (TPSA) is 67.0 Å². The molecule has 0 bridgehead atoms. The molecule has 0 aliphatic carbocycles. The summed E-state index contributed by atoms with van der Waals surface area (Å²) in [5, 5.41) is -0.297. The van der Waals surface area contributed by atoms with Crippen LogP contribution in [0.2, 0.25) is 0 Å². The number of aromatic amines is 1. The largest absolute Gasteiger partial charge is 0.416 e. The zero-order chi connectivity index (χ0) is 18.4. The third kappa shape index (κ3) is 2.93. The van der Waals surface area contributed by atoms with E-state index in [0.29, 0.717) is 6.29 Å². The summed E-state index contributed by atoms with van der Waals surface area (Å²) in [4.78, 5) is 13.8. The molecule has 130 valence electrons. The number of H-pyrrole nitrogens is 1. The van der Waals surface area contributed by atoms with Gasteiger partial charge in [0, 0.05) is 10.9 Å². The van der Waals surface area contributed by atoms with Gasteiger partial charge in [-0.05, 0) is 31.2 Å². The Labute approximate surface area is 141 Å². The van der Waals surface area contributed by atoms with Crippen LogP contribution in [-0.2, 0) is 16.0 Å². The number of rotatable bonds is 3. The van der Waals surface area contributed by atoms with Gasteiger partial charge in [0.2, 0.25) is 9.84 Å². The number of fused-ring (bicyclic) bond motifs is 1. The molecule has 2 aromatic carbocycles. The highest BCUT2D eigenvalue weighted by Crippen LogP contribution is 2.34.